The molecule has 1 aromatic rings. The van der Waals surface area contributed by atoms with Crippen molar-refractivity contribution in [3.63, 3.8) is 0 Å². The number of aliphatic hydroxyl groups excluding tert-OH is 1. The first-order valence-corrected chi connectivity index (χ1v) is 7.82. The van der Waals surface area contributed by atoms with Gasteiger partial charge in [0.05, 0.1) is 12.1 Å². The first-order chi connectivity index (χ1) is 10.6. The van der Waals surface area contributed by atoms with Crippen molar-refractivity contribution in [1.82, 2.24) is 5.32 Å². The largest absolute Gasteiger partial charge is 0.391 e. The first kappa shape index (κ1) is 16.6. The van der Waals surface area contributed by atoms with Gasteiger partial charge in [-0.3, -0.25) is 9.59 Å². The molecule has 0 saturated heterocycles. The predicted molar refractivity (Wildman–Crippen MR) is 81.0 cm³/mol. The van der Waals surface area contributed by atoms with Gasteiger partial charge in [-0.25, -0.2) is 4.39 Å². The Hall–Kier alpha value is -1.75. The summed E-state index contributed by atoms with van der Waals surface area (Å²) in [6.07, 6.45) is 4.06. The molecule has 0 heterocycles. The molecule has 1 aliphatic rings. The van der Waals surface area contributed by atoms with Crippen LogP contribution in [0.15, 0.2) is 24.3 Å². The molecule has 5 heteroatoms. The van der Waals surface area contributed by atoms with Crippen molar-refractivity contribution >= 4 is 11.7 Å². The lowest BCUT2D eigenvalue weighted by molar-refractivity contribution is -0.123. The molecule has 0 radical (unpaired) electrons. The van der Waals surface area contributed by atoms with Crippen molar-refractivity contribution in [2.24, 2.45) is 0 Å². The Morgan fingerprint density at radius 2 is 1.82 bits per heavy atom. The normalized spacial score (nSPS) is 21.4. The van der Waals surface area contributed by atoms with E-state index in [1.807, 2.05) is 0 Å². The molecule has 2 rings (SSSR count). The third kappa shape index (κ3) is 4.91. The van der Waals surface area contributed by atoms with E-state index in [-0.39, 0.29) is 36.4 Å². The van der Waals surface area contributed by atoms with Crippen molar-refractivity contribution in [3.8, 4) is 0 Å². The number of hydrogen-bond donors (Lipinski definition) is 2. The molecule has 1 amide bonds. The molecule has 0 aromatic heterocycles. The Morgan fingerprint density at radius 1 is 1.14 bits per heavy atom. The zero-order valence-corrected chi connectivity index (χ0v) is 12.6. The molecule has 2 N–H and O–H groups in total. The Bertz CT molecular complexity index is 515. The maximum Gasteiger partial charge on any atom is 0.220 e. The number of nitrogens with one attached hydrogen (secondary N) is 1. The molecule has 1 aromatic carbocycles. The van der Waals surface area contributed by atoms with Crippen molar-refractivity contribution in [1.29, 1.82) is 0 Å². The summed E-state index contributed by atoms with van der Waals surface area (Å²) < 4.78 is 12.8. The van der Waals surface area contributed by atoms with Gasteiger partial charge in [-0.2, -0.15) is 0 Å². The summed E-state index contributed by atoms with van der Waals surface area (Å²) in [5, 5.41) is 12.6. The topological polar surface area (TPSA) is 66.4 Å². The third-order valence-electron chi connectivity index (χ3n) is 4.05. The maximum atomic E-state index is 12.8. The van der Waals surface area contributed by atoms with E-state index in [1.54, 1.807) is 0 Å². The SMILES string of the molecule is O=C(CCCC(=O)c1ccc(F)cc1)NC1CCCCC1O. The zero-order valence-electron chi connectivity index (χ0n) is 12.6. The molecule has 2 atom stereocenters. The summed E-state index contributed by atoms with van der Waals surface area (Å²) in [6, 6.07) is 5.26. The molecule has 22 heavy (non-hydrogen) atoms. The van der Waals surface area contributed by atoms with E-state index < -0.39 is 6.10 Å². The van der Waals surface area contributed by atoms with Crippen LogP contribution < -0.4 is 5.32 Å². The number of hydrogen-bond acceptors (Lipinski definition) is 3. The van der Waals surface area contributed by atoms with Gasteiger partial charge in [0.2, 0.25) is 5.91 Å². The van der Waals surface area contributed by atoms with E-state index in [1.165, 1.54) is 24.3 Å². The number of carbonyl (C=O) groups excluding carboxylic acids is 2. The van der Waals surface area contributed by atoms with Crippen molar-refractivity contribution in [2.45, 2.75) is 57.1 Å². The van der Waals surface area contributed by atoms with Crippen LogP contribution in [-0.2, 0) is 4.79 Å². The smallest absolute Gasteiger partial charge is 0.220 e. The van der Waals surface area contributed by atoms with Crippen LogP contribution >= 0.6 is 0 Å². The van der Waals surface area contributed by atoms with Crippen LogP contribution in [0.4, 0.5) is 4.39 Å². The van der Waals surface area contributed by atoms with Crippen LogP contribution in [0.5, 0.6) is 0 Å². The molecular weight excluding hydrogens is 285 g/mol. The van der Waals surface area contributed by atoms with Gasteiger partial charge in [0, 0.05) is 18.4 Å². The number of Topliss-reactive ketones (excluding diaryl/α,β-unsaturated/α-hetero) is 1. The van der Waals surface area contributed by atoms with E-state index in [4.69, 9.17) is 0 Å². The molecule has 1 aliphatic carbocycles. The third-order valence-corrected chi connectivity index (χ3v) is 4.05. The van der Waals surface area contributed by atoms with Crippen LogP contribution in [0.2, 0.25) is 0 Å². The average Bonchev–Trinajstić information content (AvgIpc) is 2.50. The summed E-state index contributed by atoms with van der Waals surface area (Å²) in [6.45, 7) is 0. The number of halogens is 1. The highest BCUT2D eigenvalue weighted by molar-refractivity contribution is 5.96. The van der Waals surface area contributed by atoms with Crippen LogP contribution in [0.1, 0.15) is 55.3 Å². The van der Waals surface area contributed by atoms with Crippen molar-refractivity contribution in [2.75, 3.05) is 0 Å². The highest BCUT2D eigenvalue weighted by Crippen LogP contribution is 2.18. The summed E-state index contributed by atoms with van der Waals surface area (Å²) in [4.78, 5) is 23.7. The van der Waals surface area contributed by atoms with Gasteiger partial charge in [0.25, 0.3) is 0 Å². The Kier molecular flexibility index (Phi) is 6.07. The highest BCUT2D eigenvalue weighted by atomic mass is 19.1. The molecular formula is C17H22FNO3. The minimum absolute atomic E-state index is 0.0921. The zero-order chi connectivity index (χ0) is 15.9. The predicted octanol–water partition coefficient (Wildman–Crippen LogP) is 2.60. The number of aliphatic hydroxyl groups is 1. The van der Waals surface area contributed by atoms with Gasteiger partial charge in [-0.05, 0) is 43.5 Å². The number of ketones is 1. The van der Waals surface area contributed by atoms with E-state index in [0.29, 0.717) is 12.0 Å². The fraction of sp³-hybridized carbons (Fsp3) is 0.529. The van der Waals surface area contributed by atoms with Crippen LogP contribution in [-0.4, -0.2) is 28.9 Å². The maximum absolute atomic E-state index is 12.8. The first-order valence-electron chi connectivity index (χ1n) is 7.82. The van der Waals surface area contributed by atoms with Crippen LogP contribution in [0, 0.1) is 5.82 Å². The second-order valence-corrected chi connectivity index (χ2v) is 5.81. The van der Waals surface area contributed by atoms with Crippen LogP contribution in [0.3, 0.4) is 0 Å². The summed E-state index contributed by atoms with van der Waals surface area (Å²) in [7, 11) is 0. The molecule has 1 fully saturated rings. The van der Waals surface area contributed by atoms with E-state index in [2.05, 4.69) is 5.32 Å². The van der Waals surface area contributed by atoms with E-state index >= 15 is 0 Å². The Labute approximate surface area is 129 Å². The quantitative estimate of drug-likeness (QED) is 0.794. The lowest BCUT2D eigenvalue weighted by Gasteiger charge is -2.28. The molecule has 1 saturated carbocycles. The molecule has 0 spiro atoms. The second-order valence-electron chi connectivity index (χ2n) is 5.81. The monoisotopic (exact) mass is 307 g/mol. The molecule has 0 aliphatic heterocycles. The van der Waals surface area contributed by atoms with Gasteiger partial charge in [0.15, 0.2) is 5.78 Å². The fourth-order valence-corrected chi connectivity index (χ4v) is 2.75. The van der Waals surface area contributed by atoms with Gasteiger partial charge in [-0.15, -0.1) is 0 Å². The average molecular weight is 307 g/mol. The Balaban J connectivity index is 1.70. The van der Waals surface area contributed by atoms with Crippen molar-refractivity contribution in [3.05, 3.63) is 35.6 Å². The van der Waals surface area contributed by atoms with Gasteiger partial charge in [-0.1, -0.05) is 12.8 Å². The van der Waals surface area contributed by atoms with Gasteiger partial charge in [0.1, 0.15) is 5.82 Å². The van der Waals surface area contributed by atoms with Gasteiger partial charge < -0.3 is 10.4 Å². The number of benzene rings is 1. The van der Waals surface area contributed by atoms with E-state index in [0.717, 1.165) is 25.7 Å². The summed E-state index contributed by atoms with van der Waals surface area (Å²) in [5.41, 5.74) is 0.463. The minimum atomic E-state index is -0.460. The molecule has 0 bridgehead atoms. The van der Waals surface area contributed by atoms with Crippen LogP contribution in [0.25, 0.3) is 0 Å². The summed E-state index contributed by atoms with van der Waals surface area (Å²) >= 11 is 0. The lowest BCUT2D eigenvalue weighted by Crippen LogP contribution is -2.45. The van der Waals surface area contributed by atoms with E-state index in [9.17, 15) is 19.1 Å². The number of carbonyl (C=O) groups is 2. The fourth-order valence-electron chi connectivity index (χ4n) is 2.75. The Morgan fingerprint density at radius 3 is 2.50 bits per heavy atom. The minimum Gasteiger partial charge on any atom is -0.391 e. The standard InChI is InChI=1S/C17H22FNO3/c18-13-10-8-12(9-11-13)15(20)6-3-7-17(22)19-14-4-1-2-5-16(14)21/h8-11,14,16,21H,1-7H2,(H,19,22). The van der Waals surface area contributed by atoms with Crippen molar-refractivity contribution < 1.29 is 19.1 Å². The second kappa shape index (κ2) is 8.03. The van der Waals surface area contributed by atoms with Gasteiger partial charge >= 0.3 is 0 Å². The lowest BCUT2D eigenvalue weighted by atomic mass is 9.92. The molecule has 2 unspecified atom stereocenters. The molecule has 4 nitrogen and oxygen atoms in total. The summed E-state index contributed by atoms with van der Waals surface area (Å²) in [5.74, 6) is -0.592. The number of amides is 1. The molecule has 120 valence electrons. The number of rotatable bonds is 6. The highest BCUT2D eigenvalue weighted by Gasteiger charge is 2.24.